The molecule has 1 aromatic carbocycles. The molecule has 6 heteroatoms. The summed E-state index contributed by atoms with van der Waals surface area (Å²) in [7, 11) is 0. The molecule has 0 saturated carbocycles. The first kappa shape index (κ1) is 10.9. The van der Waals surface area contributed by atoms with Gasteiger partial charge in [0.15, 0.2) is 4.88 Å². The van der Waals surface area contributed by atoms with Gasteiger partial charge in [0.25, 0.3) is 0 Å². The number of hydrogen-bond acceptors (Lipinski definition) is 4. The summed E-state index contributed by atoms with van der Waals surface area (Å²) in [5.41, 5.74) is 0.608. The molecular weight excluding hydrogens is 250 g/mol. The zero-order chi connectivity index (χ0) is 11.7. The van der Waals surface area contributed by atoms with E-state index in [0.29, 0.717) is 15.6 Å². The van der Waals surface area contributed by atoms with Gasteiger partial charge in [-0.1, -0.05) is 29.8 Å². The van der Waals surface area contributed by atoms with Crippen molar-refractivity contribution in [3.05, 3.63) is 34.2 Å². The first-order valence-corrected chi connectivity index (χ1v) is 5.47. The highest BCUT2D eigenvalue weighted by Crippen LogP contribution is 2.35. The summed E-state index contributed by atoms with van der Waals surface area (Å²) in [6.07, 6.45) is 0. The minimum atomic E-state index is -1.20. The lowest BCUT2D eigenvalue weighted by Gasteiger charge is -1.97. The van der Waals surface area contributed by atoms with Crippen LogP contribution in [0, 0.1) is 0 Å². The maximum atomic E-state index is 10.7. The second kappa shape index (κ2) is 4.11. The lowest BCUT2D eigenvalue weighted by Crippen LogP contribution is -1.91. The normalized spacial score (nSPS) is 10.3. The highest BCUT2D eigenvalue weighted by molar-refractivity contribution is 7.17. The van der Waals surface area contributed by atoms with Gasteiger partial charge < -0.3 is 10.2 Å². The quantitative estimate of drug-likeness (QED) is 0.866. The summed E-state index contributed by atoms with van der Waals surface area (Å²) in [6.45, 7) is 0. The van der Waals surface area contributed by atoms with Gasteiger partial charge in [-0.15, -0.1) is 11.3 Å². The van der Waals surface area contributed by atoms with E-state index in [1.165, 1.54) is 0 Å². The fourth-order valence-electron chi connectivity index (χ4n) is 1.20. The van der Waals surface area contributed by atoms with Gasteiger partial charge in [-0.3, -0.25) is 0 Å². The zero-order valence-corrected chi connectivity index (χ0v) is 9.42. The van der Waals surface area contributed by atoms with E-state index in [0.717, 1.165) is 11.3 Å². The summed E-state index contributed by atoms with van der Waals surface area (Å²) in [6, 6.07) is 6.92. The number of halogens is 1. The number of thiazole rings is 1. The van der Waals surface area contributed by atoms with E-state index >= 15 is 0 Å². The molecule has 0 fully saturated rings. The summed E-state index contributed by atoms with van der Waals surface area (Å²) in [5, 5.41) is 19.0. The van der Waals surface area contributed by atoms with Crippen molar-refractivity contribution < 1.29 is 15.0 Å². The van der Waals surface area contributed by atoms with E-state index in [-0.39, 0.29) is 4.88 Å². The molecule has 0 amide bonds. The van der Waals surface area contributed by atoms with Crippen LogP contribution in [0.2, 0.25) is 5.02 Å². The lowest BCUT2D eigenvalue weighted by atomic mass is 10.2. The number of carboxylic acids is 1. The average molecular weight is 256 g/mol. The molecule has 0 atom stereocenters. The van der Waals surface area contributed by atoms with Gasteiger partial charge in [0.2, 0.25) is 5.88 Å². The van der Waals surface area contributed by atoms with Crippen LogP contribution in [0.4, 0.5) is 0 Å². The molecule has 1 aromatic heterocycles. The number of hydrogen-bond donors (Lipinski definition) is 2. The van der Waals surface area contributed by atoms with Crippen molar-refractivity contribution in [2.75, 3.05) is 0 Å². The summed E-state index contributed by atoms with van der Waals surface area (Å²) in [4.78, 5) is 14.3. The Bertz CT molecular complexity index is 553. The minimum absolute atomic E-state index is 0.185. The van der Waals surface area contributed by atoms with Gasteiger partial charge in [-0.25, -0.2) is 9.78 Å². The zero-order valence-electron chi connectivity index (χ0n) is 7.85. The molecule has 2 N–H and O–H groups in total. The van der Waals surface area contributed by atoms with Crippen LogP contribution >= 0.6 is 22.9 Å². The number of aromatic carboxylic acids is 1. The molecule has 0 unspecified atom stereocenters. The summed E-state index contributed by atoms with van der Waals surface area (Å²) < 4.78 is 0. The van der Waals surface area contributed by atoms with Crippen LogP contribution in [-0.2, 0) is 0 Å². The van der Waals surface area contributed by atoms with Crippen molar-refractivity contribution in [3.63, 3.8) is 0 Å². The number of rotatable bonds is 2. The topological polar surface area (TPSA) is 70.4 Å². The van der Waals surface area contributed by atoms with E-state index in [9.17, 15) is 9.90 Å². The Morgan fingerprint density at radius 2 is 2.06 bits per heavy atom. The van der Waals surface area contributed by atoms with Crippen LogP contribution in [0.5, 0.6) is 5.88 Å². The number of carbonyl (C=O) groups is 1. The molecule has 2 aromatic rings. The van der Waals surface area contributed by atoms with Crippen molar-refractivity contribution >= 4 is 28.9 Å². The fraction of sp³-hybridized carbons (Fsp3) is 0. The Labute approximate surface area is 99.8 Å². The molecule has 82 valence electrons. The Morgan fingerprint density at radius 3 is 2.62 bits per heavy atom. The number of benzene rings is 1. The maximum Gasteiger partial charge on any atom is 0.351 e. The molecule has 0 aliphatic carbocycles. The van der Waals surface area contributed by atoms with Crippen LogP contribution in [-0.4, -0.2) is 21.2 Å². The number of nitrogens with zero attached hydrogens (tertiary/aromatic N) is 1. The monoisotopic (exact) mass is 255 g/mol. The first-order valence-electron chi connectivity index (χ1n) is 4.27. The molecule has 0 radical (unpaired) electrons. The van der Waals surface area contributed by atoms with Gasteiger partial charge in [0.1, 0.15) is 5.01 Å². The van der Waals surface area contributed by atoms with Crippen molar-refractivity contribution in [2.24, 2.45) is 0 Å². The second-order valence-corrected chi connectivity index (χ2v) is 4.36. The highest BCUT2D eigenvalue weighted by atomic mass is 35.5. The van der Waals surface area contributed by atoms with E-state index < -0.39 is 11.8 Å². The molecule has 0 aliphatic heterocycles. The van der Waals surface area contributed by atoms with Crippen LogP contribution in [0.1, 0.15) is 9.67 Å². The third kappa shape index (κ3) is 1.87. The van der Waals surface area contributed by atoms with Crippen molar-refractivity contribution in [3.8, 4) is 16.5 Å². The van der Waals surface area contributed by atoms with E-state index in [1.807, 2.05) is 0 Å². The maximum absolute atomic E-state index is 10.7. The smallest absolute Gasteiger partial charge is 0.351 e. The highest BCUT2D eigenvalue weighted by Gasteiger charge is 2.18. The molecule has 0 aliphatic rings. The van der Waals surface area contributed by atoms with Gasteiger partial charge in [-0.05, 0) is 6.07 Å². The van der Waals surface area contributed by atoms with E-state index in [1.54, 1.807) is 24.3 Å². The minimum Gasteiger partial charge on any atom is -0.492 e. The molecule has 1 heterocycles. The standard InChI is InChI=1S/C10H6ClNO3S/c11-6-4-2-1-3-5(6)9-12-8(13)7(16-9)10(14)15/h1-4,13H,(H,14,15). The van der Waals surface area contributed by atoms with E-state index in [4.69, 9.17) is 16.7 Å². The molecular formula is C10H6ClNO3S. The number of aromatic hydroxyl groups is 1. The fourth-order valence-corrected chi connectivity index (χ4v) is 2.32. The van der Waals surface area contributed by atoms with Crippen LogP contribution < -0.4 is 0 Å². The lowest BCUT2D eigenvalue weighted by molar-refractivity contribution is 0.0699. The largest absolute Gasteiger partial charge is 0.492 e. The third-order valence-electron chi connectivity index (χ3n) is 1.91. The second-order valence-electron chi connectivity index (χ2n) is 2.96. The SMILES string of the molecule is O=C(O)c1sc(-c2ccccc2Cl)nc1O. The number of aromatic nitrogens is 1. The number of carboxylic acid groups (broad SMARTS) is 1. The molecule has 16 heavy (non-hydrogen) atoms. The molecule has 4 nitrogen and oxygen atoms in total. The summed E-state index contributed by atoms with van der Waals surface area (Å²) >= 11 is 6.83. The third-order valence-corrected chi connectivity index (χ3v) is 3.30. The van der Waals surface area contributed by atoms with Gasteiger partial charge >= 0.3 is 5.97 Å². The molecule has 0 saturated heterocycles. The van der Waals surface area contributed by atoms with Gasteiger partial charge in [0.05, 0.1) is 5.02 Å². The molecule has 0 bridgehead atoms. The summed E-state index contributed by atoms with van der Waals surface area (Å²) in [5.74, 6) is -1.68. The van der Waals surface area contributed by atoms with Crippen LogP contribution in [0.15, 0.2) is 24.3 Å². The molecule has 0 spiro atoms. The van der Waals surface area contributed by atoms with Crippen molar-refractivity contribution in [2.45, 2.75) is 0 Å². The van der Waals surface area contributed by atoms with Gasteiger partial charge in [-0.2, -0.15) is 0 Å². The van der Waals surface area contributed by atoms with Gasteiger partial charge in [0, 0.05) is 5.56 Å². The molecule has 2 rings (SSSR count). The predicted molar refractivity (Wildman–Crippen MR) is 61.2 cm³/mol. The predicted octanol–water partition coefficient (Wildman–Crippen LogP) is 2.87. The Morgan fingerprint density at radius 1 is 1.38 bits per heavy atom. The van der Waals surface area contributed by atoms with Crippen LogP contribution in [0.3, 0.4) is 0 Å². The Balaban J connectivity index is 2.54. The van der Waals surface area contributed by atoms with E-state index in [2.05, 4.69) is 4.98 Å². The van der Waals surface area contributed by atoms with Crippen molar-refractivity contribution in [1.82, 2.24) is 4.98 Å². The average Bonchev–Trinajstić information content (AvgIpc) is 2.61. The first-order chi connectivity index (χ1) is 7.59. The van der Waals surface area contributed by atoms with Crippen LogP contribution in [0.25, 0.3) is 10.6 Å². The Kier molecular flexibility index (Phi) is 2.80. The van der Waals surface area contributed by atoms with Crippen molar-refractivity contribution in [1.29, 1.82) is 0 Å². The Hall–Kier alpha value is -1.59.